The van der Waals surface area contributed by atoms with E-state index in [0.29, 0.717) is 25.7 Å². The minimum Gasteiger partial charge on any atom is -0.462 e. The molecule has 0 aromatic rings. The number of unbranched alkanes of at least 4 members (excludes halogenated alkanes) is 30. The second-order valence-electron chi connectivity index (χ2n) is 26.5. The van der Waals surface area contributed by atoms with Gasteiger partial charge in [0.2, 0.25) is 0 Å². The molecule has 0 saturated carbocycles. The maximum atomic E-state index is 13.0. The Labute approximate surface area is 543 Å². The molecule has 8 atom stereocenters. The van der Waals surface area contributed by atoms with Crippen LogP contribution in [0, 0.1) is 23.7 Å². The fourth-order valence-electron chi connectivity index (χ4n) is 10.4. The molecule has 0 amide bonds. The summed E-state index contributed by atoms with van der Waals surface area (Å²) in [5.74, 6) is 0.894. The SMILES string of the molecule is CCC(C)CCCCCCCCCCC(=O)O[C@H](COC(=O)CCCCCCCCC(C)CC)COP(=O)(O)OC[C@H](O)COP(=O)(O)OC[C@@H](COC(=O)CCCCCCCCC(C)CC)OC(=O)CCCCCCCCCCCCCCCCC(C)C. The van der Waals surface area contributed by atoms with Crippen LogP contribution in [0.15, 0.2) is 0 Å². The first-order valence-corrected chi connectivity index (χ1v) is 39.3. The lowest BCUT2D eigenvalue weighted by atomic mass is 9.99. The highest BCUT2D eigenvalue weighted by Crippen LogP contribution is 2.45. The van der Waals surface area contributed by atoms with E-state index in [0.717, 1.165) is 126 Å². The molecule has 528 valence electrons. The van der Waals surface area contributed by atoms with E-state index in [1.807, 2.05) is 0 Å². The van der Waals surface area contributed by atoms with E-state index in [4.69, 9.17) is 37.0 Å². The number of carbonyl (C=O) groups excluding carboxylic acids is 4. The number of phosphoric ester groups is 2. The zero-order valence-electron chi connectivity index (χ0n) is 58.1. The second-order valence-corrected chi connectivity index (χ2v) is 29.4. The molecule has 19 heteroatoms. The lowest BCUT2D eigenvalue weighted by molar-refractivity contribution is -0.161. The number of hydrogen-bond donors (Lipinski definition) is 3. The highest BCUT2D eigenvalue weighted by Gasteiger charge is 2.30. The van der Waals surface area contributed by atoms with E-state index in [1.165, 1.54) is 135 Å². The van der Waals surface area contributed by atoms with Crippen LogP contribution in [-0.2, 0) is 65.4 Å². The Morgan fingerprint density at radius 3 is 0.798 bits per heavy atom. The van der Waals surface area contributed by atoms with Gasteiger partial charge < -0.3 is 33.8 Å². The minimum absolute atomic E-state index is 0.103. The summed E-state index contributed by atoms with van der Waals surface area (Å²) in [6, 6.07) is 0. The van der Waals surface area contributed by atoms with Crippen molar-refractivity contribution in [2.45, 2.75) is 363 Å². The zero-order valence-corrected chi connectivity index (χ0v) is 59.8. The van der Waals surface area contributed by atoms with Gasteiger partial charge >= 0.3 is 39.5 Å². The molecule has 0 saturated heterocycles. The molecule has 0 aliphatic heterocycles. The average Bonchev–Trinajstić information content (AvgIpc) is 3.69. The number of carbonyl (C=O) groups is 4. The summed E-state index contributed by atoms with van der Waals surface area (Å²) in [6.07, 6.45) is 41.7. The lowest BCUT2D eigenvalue weighted by Crippen LogP contribution is -2.30. The van der Waals surface area contributed by atoms with E-state index >= 15 is 0 Å². The Hall–Kier alpha value is -1.94. The Morgan fingerprint density at radius 2 is 0.539 bits per heavy atom. The first kappa shape index (κ1) is 87.1. The summed E-state index contributed by atoms with van der Waals surface area (Å²) in [6.45, 7) is 14.1. The lowest BCUT2D eigenvalue weighted by Gasteiger charge is -2.21. The van der Waals surface area contributed by atoms with E-state index < -0.39 is 97.5 Å². The van der Waals surface area contributed by atoms with Crippen LogP contribution < -0.4 is 0 Å². The van der Waals surface area contributed by atoms with Gasteiger partial charge in [0.15, 0.2) is 12.2 Å². The molecule has 0 aliphatic rings. The highest BCUT2D eigenvalue weighted by atomic mass is 31.2. The first-order chi connectivity index (χ1) is 42.7. The van der Waals surface area contributed by atoms with Crippen molar-refractivity contribution >= 4 is 39.5 Å². The summed E-state index contributed by atoms with van der Waals surface area (Å²) in [7, 11) is -9.90. The van der Waals surface area contributed by atoms with E-state index in [9.17, 15) is 43.2 Å². The third-order valence-corrected chi connectivity index (χ3v) is 19.1. The van der Waals surface area contributed by atoms with Crippen LogP contribution in [0.5, 0.6) is 0 Å². The van der Waals surface area contributed by atoms with Gasteiger partial charge in [-0.05, 0) is 49.4 Å². The summed E-state index contributed by atoms with van der Waals surface area (Å²) in [5, 5.41) is 10.6. The van der Waals surface area contributed by atoms with Crippen LogP contribution in [0.4, 0.5) is 0 Å². The summed E-state index contributed by atoms with van der Waals surface area (Å²) in [4.78, 5) is 72.5. The molecular formula is C70H136O17P2. The molecule has 0 radical (unpaired) electrons. The quantitative estimate of drug-likeness (QED) is 0.0222. The molecule has 0 fully saturated rings. The summed E-state index contributed by atoms with van der Waals surface area (Å²) >= 11 is 0. The van der Waals surface area contributed by atoms with Crippen LogP contribution >= 0.6 is 15.6 Å². The maximum absolute atomic E-state index is 13.0. The van der Waals surface area contributed by atoms with Crippen molar-refractivity contribution < 1.29 is 80.2 Å². The number of phosphoric acid groups is 2. The Kier molecular flexibility index (Phi) is 58.5. The molecule has 5 unspecified atom stereocenters. The molecule has 17 nitrogen and oxygen atoms in total. The monoisotopic (exact) mass is 1310 g/mol. The van der Waals surface area contributed by atoms with Crippen LogP contribution in [0.1, 0.15) is 344 Å². The predicted molar refractivity (Wildman–Crippen MR) is 358 cm³/mol. The summed E-state index contributed by atoms with van der Waals surface area (Å²) < 4.78 is 68.3. The fourth-order valence-corrected chi connectivity index (χ4v) is 12.0. The second kappa shape index (κ2) is 59.8. The molecular weight excluding hydrogens is 1170 g/mol. The summed E-state index contributed by atoms with van der Waals surface area (Å²) in [5.41, 5.74) is 0. The van der Waals surface area contributed by atoms with Crippen LogP contribution in [-0.4, -0.2) is 96.7 Å². The molecule has 0 heterocycles. The van der Waals surface area contributed by atoms with Gasteiger partial charge in [-0.2, -0.15) is 0 Å². The van der Waals surface area contributed by atoms with Crippen LogP contribution in [0.2, 0.25) is 0 Å². The number of hydrogen-bond acceptors (Lipinski definition) is 15. The van der Waals surface area contributed by atoms with Crippen molar-refractivity contribution in [1.82, 2.24) is 0 Å². The van der Waals surface area contributed by atoms with Crippen molar-refractivity contribution in [2.75, 3.05) is 39.6 Å². The maximum Gasteiger partial charge on any atom is 0.472 e. The average molecular weight is 1310 g/mol. The highest BCUT2D eigenvalue weighted by molar-refractivity contribution is 7.47. The normalized spacial score (nSPS) is 15.2. The van der Waals surface area contributed by atoms with Crippen molar-refractivity contribution in [3.63, 3.8) is 0 Å². The van der Waals surface area contributed by atoms with Gasteiger partial charge in [0, 0.05) is 25.7 Å². The molecule has 0 aromatic heterocycles. The molecule has 0 aromatic carbocycles. The standard InChI is InChI=1S/C70H136O17P2/c1-9-61(6)47-39-31-23-20-21-25-37-45-53-70(75)87-66(57-81-68(73)51-43-35-29-27-33-41-49-63(8)11-3)59-85-89(78,79)83-55-64(71)54-82-88(76,77)84-58-65(56-80-67(72)50-42-34-28-26-32-40-48-62(7)10-2)86-69(74)52-44-36-24-19-17-15-13-12-14-16-18-22-30-38-46-60(4)5/h60-66,71H,9-59H2,1-8H3,(H,76,77)(H,78,79)/t61?,62?,63?,64-,65-,66-/m1/s1. The van der Waals surface area contributed by atoms with Crippen molar-refractivity contribution in [1.29, 1.82) is 0 Å². The predicted octanol–water partition coefficient (Wildman–Crippen LogP) is 19.7. The molecule has 0 aliphatic carbocycles. The minimum atomic E-state index is -4.95. The third-order valence-electron chi connectivity index (χ3n) is 17.2. The Balaban J connectivity index is 5.25. The van der Waals surface area contributed by atoms with E-state index in [2.05, 4.69) is 55.4 Å². The van der Waals surface area contributed by atoms with E-state index in [1.54, 1.807) is 0 Å². The Morgan fingerprint density at radius 1 is 0.315 bits per heavy atom. The smallest absolute Gasteiger partial charge is 0.462 e. The third kappa shape index (κ3) is 60.7. The Bertz CT molecular complexity index is 1770. The van der Waals surface area contributed by atoms with Gasteiger partial charge in [0.05, 0.1) is 26.4 Å². The molecule has 3 N–H and O–H groups in total. The number of aliphatic hydroxyl groups is 1. The molecule has 0 bridgehead atoms. The first-order valence-electron chi connectivity index (χ1n) is 36.3. The molecule has 0 spiro atoms. The van der Waals surface area contributed by atoms with Crippen molar-refractivity contribution in [3.8, 4) is 0 Å². The van der Waals surface area contributed by atoms with Gasteiger partial charge in [0.1, 0.15) is 19.3 Å². The topological polar surface area (TPSA) is 237 Å². The fraction of sp³-hybridized carbons (Fsp3) is 0.943. The van der Waals surface area contributed by atoms with Crippen LogP contribution in [0.25, 0.3) is 0 Å². The molecule has 0 rings (SSSR count). The van der Waals surface area contributed by atoms with Gasteiger partial charge in [-0.15, -0.1) is 0 Å². The van der Waals surface area contributed by atoms with E-state index in [-0.39, 0.29) is 25.7 Å². The zero-order chi connectivity index (χ0) is 66.1. The van der Waals surface area contributed by atoms with Crippen molar-refractivity contribution in [3.05, 3.63) is 0 Å². The number of rotatable bonds is 67. The van der Waals surface area contributed by atoms with Gasteiger partial charge in [0.25, 0.3) is 0 Å². The number of aliphatic hydroxyl groups excluding tert-OH is 1. The van der Waals surface area contributed by atoms with Gasteiger partial charge in [-0.25, -0.2) is 9.13 Å². The van der Waals surface area contributed by atoms with Crippen LogP contribution in [0.3, 0.4) is 0 Å². The largest absolute Gasteiger partial charge is 0.472 e. The van der Waals surface area contributed by atoms with Gasteiger partial charge in [-0.1, -0.05) is 293 Å². The number of esters is 4. The van der Waals surface area contributed by atoms with Crippen molar-refractivity contribution in [2.24, 2.45) is 23.7 Å². The van der Waals surface area contributed by atoms with Gasteiger partial charge in [-0.3, -0.25) is 37.3 Å². The number of ether oxygens (including phenoxy) is 4. The molecule has 89 heavy (non-hydrogen) atoms.